The summed E-state index contributed by atoms with van der Waals surface area (Å²) in [5.74, 6) is -3.22. The Balaban J connectivity index is 3.08. The zero-order chi connectivity index (χ0) is 20.8. The van der Waals surface area contributed by atoms with Gasteiger partial charge in [0.05, 0.1) is 22.9 Å². The first-order chi connectivity index (χ1) is 12.5. The van der Waals surface area contributed by atoms with Gasteiger partial charge in [-0.3, -0.25) is 4.79 Å². The van der Waals surface area contributed by atoms with Crippen LogP contribution in [0.3, 0.4) is 0 Å². The molecule has 0 aromatic heterocycles. The van der Waals surface area contributed by atoms with E-state index in [0.29, 0.717) is 0 Å². The second-order valence-electron chi connectivity index (χ2n) is 4.99. The number of rotatable bonds is 7. The summed E-state index contributed by atoms with van der Waals surface area (Å²) >= 11 is 5.78. The van der Waals surface area contributed by atoms with E-state index in [1.807, 2.05) is 5.32 Å². The first-order valence-electron chi connectivity index (χ1n) is 7.38. The zero-order valence-electron chi connectivity index (χ0n) is 14.2. The summed E-state index contributed by atoms with van der Waals surface area (Å²) in [5, 5.41) is 8.54. The van der Waals surface area contributed by atoms with Gasteiger partial charge < -0.3 is 20.2 Å². The van der Waals surface area contributed by atoms with Crippen molar-refractivity contribution >= 4 is 35.4 Å². The topological polar surface area (TPSA) is 88.5 Å². The summed E-state index contributed by atoms with van der Waals surface area (Å²) < 4.78 is 61.9. The number of esters is 1. The molecule has 0 bridgehead atoms. The molecule has 1 aromatic carbocycles. The highest BCUT2D eigenvalue weighted by atomic mass is 35.5. The summed E-state index contributed by atoms with van der Waals surface area (Å²) in [6.45, 7) is 1.99. The number of ether oxygens (including phenoxy) is 2. The lowest BCUT2D eigenvalue weighted by Crippen LogP contribution is -2.22. The van der Waals surface area contributed by atoms with E-state index in [0.717, 1.165) is 19.1 Å². The number of hydrogen-bond donors (Lipinski definition) is 2. The van der Waals surface area contributed by atoms with Gasteiger partial charge in [0.15, 0.2) is 6.61 Å². The molecule has 0 fully saturated rings. The molecule has 0 radical (unpaired) electrons. The molecule has 0 atom stereocenters. The quantitative estimate of drug-likeness (QED) is 0.309. The number of amides is 1. The molecule has 0 aliphatic heterocycles. The van der Waals surface area contributed by atoms with Crippen molar-refractivity contribution in [1.82, 2.24) is 0 Å². The zero-order valence-corrected chi connectivity index (χ0v) is 14.9. The van der Waals surface area contributed by atoms with Crippen LogP contribution < -0.4 is 10.1 Å². The van der Waals surface area contributed by atoms with E-state index in [-0.39, 0.29) is 23.6 Å². The van der Waals surface area contributed by atoms with Gasteiger partial charge in [-0.2, -0.15) is 13.2 Å². The lowest BCUT2D eigenvalue weighted by molar-refractivity contribution is -0.145. The average Bonchev–Trinajstić information content (AvgIpc) is 2.55. The van der Waals surface area contributed by atoms with E-state index in [9.17, 15) is 27.2 Å². The van der Waals surface area contributed by atoms with Crippen LogP contribution in [-0.2, 0) is 14.3 Å². The molecule has 2 N–H and O–H groups in total. The molecule has 1 amide bonds. The summed E-state index contributed by atoms with van der Waals surface area (Å²) in [6.07, 6.45) is -4.93. The van der Waals surface area contributed by atoms with Gasteiger partial charge in [-0.1, -0.05) is 11.6 Å². The highest BCUT2D eigenvalue weighted by molar-refractivity contribution is 6.32. The fourth-order valence-corrected chi connectivity index (χ4v) is 2.02. The van der Waals surface area contributed by atoms with Crippen LogP contribution in [0, 0.1) is 11.2 Å². The van der Waals surface area contributed by atoms with Crippen LogP contribution in [0.2, 0.25) is 5.02 Å². The van der Waals surface area contributed by atoms with Crippen molar-refractivity contribution in [3.05, 3.63) is 34.1 Å². The molecule has 0 spiro atoms. The van der Waals surface area contributed by atoms with Crippen LogP contribution in [0.4, 0.5) is 23.2 Å². The van der Waals surface area contributed by atoms with Crippen LogP contribution in [0.1, 0.15) is 13.8 Å². The van der Waals surface area contributed by atoms with Gasteiger partial charge >= 0.3 is 12.1 Å². The van der Waals surface area contributed by atoms with Crippen LogP contribution >= 0.6 is 11.6 Å². The third kappa shape index (κ3) is 6.24. The predicted molar refractivity (Wildman–Crippen MR) is 89.7 cm³/mol. The fraction of sp³-hybridized carbons (Fsp3) is 0.312. The number of allylic oxidation sites excluding steroid dienone is 1. The number of nitrogens with one attached hydrogen (secondary N) is 2. The Kier molecular flexibility index (Phi) is 7.77. The number of carbonyl (C=O) groups is 2. The van der Waals surface area contributed by atoms with Gasteiger partial charge in [-0.05, 0) is 19.9 Å². The van der Waals surface area contributed by atoms with Gasteiger partial charge in [0.2, 0.25) is 0 Å². The van der Waals surface area contributed by atoms with E-state index >= 15 is 0 Å². The summed E-state index contributed by atoms with van der Waals surface area (Å²) in [5.41, 5.74) is -2.83. The predicted octanol–water partition coefficient (Wildman–Crippen LogP) is 3.89. The Labute approximate surface area is 156 Å². The molecule has 1 rings (SSSR count). The lowest BCUT2D eigenvalue weighted by Gasteiger charge is -2.14. The maximum atomic E-state index is 14.0. The van der Waals surface area contributed by atoms with Crippen molar-refractivity contribution in [2.24, 2.45) is 0 Å². The van der Waals surface area contributed by atoms with Gasteiger partial charge in [0.25, 0.3) is 5.91 Å². The molecular formula is C16H15ClF4N2O4. The van der Waals surface area contributed by atoms with E-state index < -0.39 is 47.3 Å². The highest BCUT2D eigenvalue weighted by Crippen LogP contribution is 2.32. The van der Waals surface area contributed by atoms with Crippen molar-refractivity contribution in [3.63, 3.8) is 0 Å². The van der Waals surface area contributed by atoms with Crippen molar-refractivity contribution in [2.45, 2.75) is 20.0 Å². The Morgan fingerprint density at radius 3 is 2.48 bits per heavy atom. The lowest BCUT2D eigenvalue weighted by atomic mass is 10.1. The van der Waals surface area contributed by atoms with Gasteiger partial charge in [0.1, 0.15) is 11.6 Å². The third-order valence-electron chi connectivity index (χ3n) is 3.11. The number of alkyl halides is 3. The molecule has 148 valence electrons. The molecule has 27 heavy (non-hydrogen) atoms. The Bertz CT molecular complexity index is 778. The maximum Gasteiger partial charge on any atom is 0.418 e. The molecule has 0 aliphatic rings. The molecule has 0 heterocycles. The maximum absolute atomic E-state index is 14.0. The van der Waals surface area contributed by atoms with Crippen LogP contribution in [0.5, 0.6) is 5.75 Å². The number of anilines is 1. The summed E-state index contributed by atoms with van der Waals surface area (Å²) in [4.78, 5) is 23.3. The molecule has 0 saturated heterocycles. The largest absolute Gasteiger partial charge is 0.480 e. The molecule has 1 aromatic rings. The van der Waals surface area contributed by atoms with Crippen molar-refractivity contribution in [3.8, 4) is 5.75 Å². The fourth-order valence-electron chi connectivity index (χ4n) is 1.82. The van der Waals surface area contributed by atoms with E-state index in [1.165, 1.54) is 0 Å². The molecular weight excluding hydrogens is 396 g/mol. The molecule has 0 saturated carbocycles. The molecule has 6 nitrogen and oxygen atoms in total. The SMILES string of the molecule is CCOC(=O)COc1cc(NC(=O)/C(C)=C(\C=N)C(F)(F)F)c(F)cc1Cl. The number of halogens is 5. The van der Waals surface area contributed by atoms with E-state index in [2.05, 4.69) is 4.74 Å². The Hall–Kier alpha value is -2.62. The minimum absolute atomic E-state index is 0.0129. The monoisotopic (exact) mass is 410 g/mol. The third-order valence-corrected chi connectivity index (χ3v) is 3.41. The van der Waals surface area contributed by atoms with Crippen molar-refractivity contribution in [2.75, 3.05) is 18.5 Å². The average molecular weight is 411 g/mol. The standard InChI is InChI=1S/C16H15ClF4N2O4/c1-3-26-14(24)7-27-13-5-12(11(18)4-10(13)17)23-15(25)8(2)9(6-22)16(19,20)21/h4-6,22H,3,7H2,1-2H3,(H,23,25)/b9-8+,22-6?. The van der Waals surface area contributed by atoms with Crippen LogP contribution in [0.25, 0.3) is 0 Å². The van der Waals surface area contributed by atoms with Gasteiger partial charge in [-0.15, -0.1) is 0 Å². The smallest absolute Gasteiger partial charge is 0.418 e. The Morgan fingerprint density at radius 2 is 1.96 bits per heavy atom. The minimum Gasteiger partial charge on any atom is -0.480 e. The van der Waals surface area contributed by atoms with Crippen molar-refractivity contribution < 1.29 is 36.6 Å². The normalized spacial score (nSPS) is 12.1. The second-order valence-corrected chi connectivity index (χ2v) is 5.40. The molecule has 0 aliphatic carbocycles. The van der Waals surface area contributed by atoms with Gasteiger partial charge in [0, 0.05) is 17.9 Å². The van der Waals surface area contributed by atoms with Crippen LogP contribution in [-0.4, -0.2) is 37.5 Å². The van der Waals surface area contributed by atoms with Crippen molar-refractivity contribution in [1.29, 1.82) is 5.41 Å². The first kappa shape index (κ1) is 22.4. The summed E-state index contributed by atoms with van der Waals surface area (Å²) in [6, 6.07) is 1.68. The highest BCUT2D eigenvalue weighted by Gasteiger charge is 2.35. The first-order valence-corrected chi connectivity index (χ1v) is 7.76. The van der Waals surface area contributed by atoms with E-state index in [4.69, 9.17) is 21.7 Å². The number of hydrogen-bond acceptors (Lipinski definition) is 5. The molecule has 0 unspecified atom stereocenters. The number of benzene rings is 1. The minimum atomic E-state index is -4.92. The number of carbonyl (C=O) groups excluding carboxylic acids is 2. The van der Waals surface area contributed by atoms with E-state index in [1.54, 1.807) is 6.92 Å². The molecule has 11 heteroatoms. The second kappa shape index (κ2) is 9.36. The Morgan fingerprint density at radius 1 is 1.33 bits per heavy atom. The van der Waals surface area contributed by atoms with Gasteiger partial charge in [-0.25, -0.2) is 9.18 Å². The summed E-state index contributed by atoms with van der Waals surface area (Å²) in [7, 11) is 0. The van der Waals surface area contributed by atoms with Crippen LogP contribution in [0.15, 0.2) is 23.3 Å².